The lowest BCUT2D eigenvalue weighted by Gasteiger charge is -2.40. The molecule has 2 aliphatic heterocycles. The van der Waals surface area contributed by atoms with Crippen molar-refractivity contribution in [3.8, 4) is 22.3 Å². The molecule has 0 amide bonds. The number of nitrogens with zero attached hydrogens (tertiary/aromatic N) is 2. The lowest BCUT2D eigenvalue weighted by Crippen LogP contribution is -2.56. The first-order chi connectivity index (χ1) is 28.3. The Balaban J connectivity index is 1.20. The van der Waals surface area contributed by atoms with Crippen molar-refractivity contribution in [1.29, 1.82) is 0 Å². The highest BCUT2D eigenvalue weighted by Gasteiger charge is 2.45. The largest absolute Gasteiger partial charge is 0.454 e. The average Bonchev–Trinajstić information content (AvgIpc) is 3.94. The van der Waals surface area contributed by atoms with Crippen LogP contribution < -0.4 is 15.8 Å². The predicted octanol–water partition coefficient (Wildman–Crippen LogP) is 12.8. The zero-order valence-corrected chi connectivity index (χ0v) is 30.5. The van der Waals surface area contributed by atoms with Crippen LogP contribution in [0.1, 0.15) is 0 Å². The summed E-state index contributed by atoms with van der Waals surface area (Å²) in [6, 6.07) is 63.9. The van der Waals surface area contributed by atoms with E-state index in [1.54, 1.807) is 0 Å². The Morgan fingerprint density at radius 2 is 1.11 bits per heavy atom. The summed E-state index contributed by atoms with van der Waals surface area (Å²) in [4.78, 5) is 2.46. The fraction of sp³-hybridized carbons (Fsp3) is 0. The zero-order valence-electron chi connectivity index (χ0n) is 30.5. The summed E-state index contributed by atoms with van der Waals surface area (Å²) in [5.41, 5.74) is 16.4. The Kier molecular flexibility index (Phi) is 5.56. The number of para-hydroxylation sites is 4. The predicted molar refractivity (Wildman–Crippen MR) is 237 cm³/mol. The Morgan fingerprint density at radius 3 is 1.95 bits per heavy atom. The minimum atomic E-state index is -0.130. The number of anilines is 3. The highest BCUT2D eigenvalue weighted by molar-refractivity contribution is 6.90. The fourth-order valence-corrected chi connectivity index (χ4v) is 10.3. The molecule has 4 nitrogen and oxygen atoms in total. The van der Waals surface area contributed by atoms with Gasteiger partial charge in [-0.3, -0.25) is 0 Å². The summed E-state index contributed by atoms with van der Waals surface area (Å²) in [5.74, 6) is 0. The minimum absolute atomic E-state index is 0.130. The van der Waals surface area contributed by atoms with Gasteiger partial charge in [0, 0.05) is 54.6 Å². The summed E-state index contributed by atoms with van der Waals surface area (Å²) in [5, 5.41) is 9.44. The normalized spacial score (nSPS) is 13.2. The van der Waals surface area contributed by atoms with E-state index in [1.165, 1.54) is 60.2 Å². The Morgan fingerprint density at radius 1 is 0.421 bits per heavy atom. The molecule has 2 aliphatic rings. The maximum Gasteiger partial charge on any atom is 0.333 e. The standard InChI is InChI=1S/C52H29BN2O2/c1-2-12-30(13-3-1)33-24-25-42-45(28-33)54(43-21-11-20-38-34-16-6-8-22-46(34)56-51(38)43)50-48-40(29-41-35-17-7-9-23-47(35)57-52(41)50)37-19-10-18-36-39-26-31-14-4-5-15-32(31)27-44(39)55(49(36)37)53(42)48/h1-29H. The van der Waals surface area contributed by atoms with Crippen LogP contribution in [0.4, 0.5) is 17.1 Å². The van der Waals surface area contributed by atoms with Crippen LogP contribution in [0, 0.1) is 0 Å². The van der Waals surface area contributed by atoms with Crippen molar-refractivity contribution >= 4 is 111 Å². The maximum absolute atomic E-state index is 7.08. The van der Waals surface area contributed by atoms with Crippen LogP contribution in [0.15, 0.2) is 185 Å². The second-order valence-electron chi connectivity index (χ2n) is 15.6. The van der Waals surface area contributed by atoms with Gasteiger partial charge >= 0.3 is 6.85 Å². The smallest absolute Gasteiger partial charge is 0.333 e. The van der Waals surface area contributed by atoms with E-state index in [1.807, 2.05) is 6.07 Å². The molecule has 0 spiro atoms. The van der Waals surface area contributed by atoms with Gasteiger partial charge in [0.15, 0.2) is 11.2 Å². The first kappa shape index (κ1) is 29.8. The molecule has 3 aromatic heterocycles. The SMILES string of the molecule is c1ccc(-c2ccc3c(c2)N(c2cccc4c2oc2ccccc24)c2c4c(cc5c2oc2ccccc25)-c2cccc5c6cc7ccccc7cc6n(c25)B34)cc1. The minimum Gasteiger partial charge on any atom is -0.454 e. The van der Waals surface area contributed by atoms with Gasteiger partial charge in [-0.05, 0) is 80.9 Å². The number of aromatic nitrogens is 1. The van der Waals surface area contributed by atoms with Crippen molar-refractivity contribution in [2.24, 2.45) is 0 Å². The number of furan rings is 2. The van der Waals surface area contributed by atoms with E-state index >= 15 is 0 Å². The van der Waals surface area contributed by atoms with E-state index in [2.05, 4.69) is 179 Å². The molecule has 0 saturated carbocycles. The molecule has 5 heteroatoms. The third kappa shape index (κ3) is 3.78. The summed E-state index contributed by atoms with van der Waals surface area (Å²) < 4.78 is 16.6. The monoisotopic (exact) mass is 724 g/mol. The molecule has 12 aromatic rings. The van der Waals surface area contributed by atoms with Crippen LogP contribution in [-0.2, 0) is 0 Å². The van der Waals surface area contributed by atoms with Crippen molar-refractivity contribution < 1.29 is 8.83 Å². The number of fused-ring (bicyclic) bond motifs is 15. The highest BCUT2D eigenvalue weighted by Crippen LogP contribution is 2.51. The number of rotatable bonds is 2. The van der Waals surface area contributed by atoms with Crippen LogP contribution >= 0.6 is 0 Å². The molecule has 0 fully saturated rings. The van der Waals surface area contributed by atoms with Crippen LogP contribution in [0.3, 0.4) is 0 Å². The molecule has 5 heterocycles. The van der Waals surface area contributed by atoms with E-state index < -0.39 is 0 Å². The number of hydrogen-bond acceptors (Lipinski definition) is 3. The first-order valence-electron chi connectivity index (χ1n) is 19.6. The topological polar surface area (TPSA) is 34.5 Å². The van der Waals surface area contributed by atoms with Gasteiger partial charge in [0.05, 0.1) is 11.4 Å². The van der Waals surface area contributed by atoms with Gasteiger partial charge in [0.1, 0.15) is 11.2 Å². The second kappa shape index (κ2) is 10.6. The number of benzene rings is 9. The van der Waals surface area contributed by atoms with Crippen LogP contribution in [-0.4, -0.2) is 11.3 Å². The van der Waals surface area contributed by atoms with E-state index in [9.17, 15) is 0 Å². The summed E-state index contributed by atoms with van der Waals surface area (Å²) >= 11 is 0. The summed E-state index contributed by atoms with van der Waals surface area (Å²) in [6.45, 7) is -0.130. The molecule has 9 aromatic carbocycles. The third-order valence-electron chi connectivity index (χ3n) is 12.7. The van der Waals surface area contributed by atoms with Gasteiger partial charge in [0.2, 0.25) is 0 Å². The van der Waals surface area contributed by atoms with Crippen molar-refractivity contribution in [2.75, 3.05) is 4.90 Å². The summed E-state index contributed by atoms with van der Waals surface area (Å²) in [6.07, 6.45) is 0. The first-order valence-corrected chi connectivity index (χ1v) is 19.6. The van der Waals surface area contributed by atoms with E-state index in [-0.39, 0.29) is 6.85 Å². The van der Waals surface area contributed by atoms with Gasteiger partial charge in [0.25, 0.3) is 0 Å². The lowest BCUT2D eigenvalue weighted by molar-refractivity contribution is 0.666. The lowest BCUT2D eigenvalue weighted by atomic mass is 9.45. The van der Waals surface area contributed by atoms with E-state index in [0.717, 1.165) is 66.5 Å². The third-order valence-corrected chi connectivity index (χ3v) is 12.7. The maximum atomic E-state index is 7.08. The van der Waals surface area contributed by atoms with Crippen molar-refractivity contribution in [3.05, 3.63) is 176 Å². The van der Waals surface area contributed by atoms with Crippen LogP contribution in [0.2, 0.25) is 0 Å². The summed E-state index contributed by atoms with van der Waals surface area (Å²) in [7, 11) is 0. The van der Waals surface area contributed by atoms with Crippen molar-refractivity contribution in [3.63, 3.8) is 0 Å². The molecule has 262 valence electrons. The molecule has 14 rings (SSSR count). The molecule has 0 unspecified atom stereocenters. The van der Waals surface area contributed by atoms with E-state index in [0.29, 0.717) is 0 Å². The van der Waals surface area contributed by atoms with Gasteiger partial charge in [-0.25, -0.2) is 0 Å². The van der Waals surface area contributed by atoms with Gasteiger partial charge in [-0.15, -0.1) is 0 Å². The molecular weight excluding hydrogens is 695 g/mol. The molecule has 57 heavy (non-hydrogen) atoms. The zero-order chi connectivity index (χ0) is 36.9. The second-order valence-corrected chi connectivity index (χ2v) is 15.6. The average molecular weight is 725 g/mol. The van der Waals surface area contributed by atoms with Crippen molar-refractivity contribution in [2.45, 2.75) is 0 Å². The molecule has 0 radical (unpaired) electrons. The molecule has 0 N–H and O–H groups in total. The molecule has 0 bridgehead atoms. The molecule has 0 aliphatic carbocycles. The molecular formula is C52H29BN2O2. The molecule has 0 saturated heterocycles. The van der Waals surface area contributed by atoms with Crippen molar-refractivity contribution in [1.82, 2.24) is 4.48 Å². The Bertz CT molecular complexity index is 3720. The van der Waals surface area contributed by atoms with Gasteiger partial charge < -0.3 is 18.2 Å². The highest BCUT2D eigenvalue weighted by atomic mass is 16.3. The van der Waals surface area contributed by atoms with Gasteiger partial charge in [-0.1, -0.05) is 133 Å². The quantitative estimate of drug-likeness (QED) is 0.167. The Hall–Kier alpha value is -7.50. The van der Waals surface area contributed by atoms with Gasteiger partial charge in [-0.2, -0.15) is 0 Å². The Labute approximate surface area is 326 Å². The molecule has 0 atom stereocenters. The van der Waals surface area contributed by atoms with E-state index in [4.69, 9.17) is 8.83 Å². The fourth-order valence-electron chi connectivity index (χ4n) is 10.3. The number of hydrogen-bond donors (Lipinski definition) is 0. The van der Waals surface area contributed by atoms with Crippen LogP contribution in [0.25, 0.3) is 98.7 Å². The van der Waals surface area contributed by atoms with Crippen LogP contribution in [0.5, 0.6) is 0 Å².